The van der Waals surface area contributed by atoms with E-state index in [9.17, 15) is 4.79 Å². The Morgan fingerprint density at radius 1 is 0.783 bits per heavy atom. The number of carbonyl (C=O) groups is 1. The second kappa shape index (κ2) is 13.6. The minimum atomic E-state index is -0.0906. The first kappa shape index (κ1) is 20.3. The van der Waals surface area contributed by atoms with Crippen molar-refractivity contribution in [1.82, 2.24) is 0 Å². The van der Waals surface area contributed by atoms with Gasteiger partial charge in [-0.1, -0.05) is 90.4 Å². The smallest absolute Gasteiger partial charge is 0.334 e. The highest BCUT2D eigenvalue weighted by atomic mass is 16.5. The van der Waals surface area contributed by atoms with E-state index in [1.807, 2.05) is 13.0 Å². The van der Waals surface area contributed by atoms with Crippen molar-refractivity contribution < 1.29 is 9.53 Å². The zero-order chi connectivity index (χ0) is 16.8. The fourth-order valence-electron chi connectivity index (χ4n) is 3.33. The summed E-state index contributed by atoms with van der Waals surface area (Å²) in [6.45, 7) is 4.20. The summed E-state index contributed by atoms with van der Waals surface area (Å²) in [5, 5.41) is 0. The predicted octanol–water partition coefficient (Wildman–Crippen LogP) is 6.73. The molecule has 1 aliphatic rings. The highest BCUT2D eigenvalue weighted by Crippen LogP contribution is 2.20. The molecule has 0 aromatic heterocycles. The van der Waals surface area contributed by atoms with Crippen LogP contribution in [0.4, 0.5) is 0 Å². The summed E-state index contributed by atoms with van der Waals surface area (Å²) >= 11 is 0. The van der Waals surface area contributed by atoms with Crippen LogP contribution in [0.3, 0.4) is 0 Å². The van der Waals surface area contributed by atoms with Crippen molar-refractivity contribution in [2.45, 2.75) is 116 Å². The average molecular weight is 323 g/mol. The number of esters is 1. The lowest BCUT2D eigenvalue weighted by Crippen LogP contribution is -2.03. The van der Waals surface area contributed by atoms with E-state index in [4.69, 9.17) is 4.74 Å². The molecule has 0 saturated carbocycles. The first-order chi connectivity index (χ1) is 11.2. The molecule has 1 heterocycles. The maximum atomic E-state index is 11.5. The summed E-state index contributed by atoms with van der Waals surface area (Å²) in [6, 6.07) is 0. The van der Waals surface area contributed by atoms with Crippen LogP contribution >= 0.6 is 0 Å². The molecule has 2 nitrogen and oxygen atoms in total. The summed E-state index contributed by atoms with van der Waals surface area (Å²) < 4.78 is 5.11. The van der Waals surface area contributed by atoms with E-state index < -0.39 is 0 Å². The van der Waals surface area contributed by atoms with E-state index in [0.29, 0.717) is 0 Å². The van der Waals surface area contributed by atoms with Gasteiger partial charge in [0.05, 0.1) is 0 Å². The molecule has 23 heavy (non-hydrogen) atoms. The maximum absolute atomic E-state index is 11.5. The van der Waals surface area contributed by atoms with E-state index in [1.54, 1.807) is 0 Å². The first-order valence-corrected chi connectivity index (χ1v) is 10.2. The fourth-order valence-corrected chi connectivity index (χ4v) is 3.33. The average Bonchev–Trinajstić information content (AvgIpc) is 2.85. The summed E-state index contributed by atoms with van der Waals surface area (Å²) in [4.78, 5) is 11.5. The predicted molar refractivity (Wildman–Crippen MR) is 98.6 cm³/mol. The molecule has 0 aromatic carbocycles. The molecule has 134 valence electrons. The molecule has 0 amide bonds. The molecule has 0 fully saturated rings. The van der Waals surface area contributed by atoms with Crippen LogP contribution in [0.2, 0.25) is 0 Å². The Bertz CT molecular complexity index is 333. The van der Waals surface area contributed by atoms with Gasteiger partial charge < -0.3 is 4.74 Å². The largest absolute Gasteiger partial charge is 0.455 e. The van der Waals surface area contributed by atoms with Crippen LogP contribution in [0.25, 0.3) is 0 Å². The van der Waals surface area contributed by atoms with E-state index in [-0.39, 0.29) is 12.1 Å². The van der Waals surface area contributed by atoms with Gasteiger partial charge in [0.15, 0.2) is 0 Å². The van der Waals surface area contributed by atoms with E-state index in [0.717, 1.165) is 18.4 Å². The van der Waals surface area contributed by atoms with Gasteiger partial charge in [-0.3, -0.25) is 0 Å². The molecule has 1 rings (SSSR count). The van der Waals surface area contributed by atoms with Crippen molar-refractivity contribution >= 4 is 5.97 Å². The molecular weight excluding hydrogens is 284 g/mol. The van der Waals surface area contributed by atoms with Gasteiger partial charge in [0.25, 0.3) is 0 Å². The van der Waals surface area contributed by atoms with E-state index in [1.165, 1.54) is 83.5 Å². The third kappa shape index (κ3) is 10.6. The molecule has 0 bridgehead atoms. The van der Waals surface area contributed by atoms with Gasteiger partial charge in [0.2, 0.25) is 0 Å². The standard InChI is InChI=1S/C21H38O2/c1-3-4-5-6-7-8-9-10-11-12-13-14-15-16-17-20-18-19(2)23-21(20)22/h18-19H,3-17H2,1-2H3/t19-/m1/s1. The zero-order valence-electron chi connectivity index (χ0n) is 15.6. The van der Waals surface area contributed by atoms with Gasteiger partial charge in [-0.15, -0.1) is 0 Å². The quantitative estimate of drug-likeness (QED) is 0.247. The van der Waals surface area contributed by atoms with Gasteiger partial charge in [0, 0.05) is 5.57 Å². The van der Waals surface area contributed by atoms with Crippen molar-refractivity contribution in [2.24, 2.45) is 0 Å². The van der Waals surface area contributed by atoms with Crippen LogP contribution in [0, 0.1) is 0 Å². The number of rotatable bonds is 15. The van der Waals surface area contributed by atoms with E-state index in [2.05, 4.69) is 6.92 Å². The molecule has 0 N–H and O–H groups in total. The maximum Gasteiger partial charge on any atom is 0.334 e. The second-order valence-corrected chi connectivity index (χ2v) is 7.15. The van der Waals surface area contributed by atoms with Crippen molar-refractivity contribution in [3.63, 3.8) is 0 Å². The highest BCUT2D eigenvalue weighted by Gasteiger charge is 2.20. The normalized spacial score (nSPS) is 17.4. The van der Waals surface area contributed by atoms with Crippen molar-refractivity contribution in [3.05, 3.63) is 11.6 Å². The Kier molecular flexibility index (Phi) is 12.0. The van der Waals surface area contributed by atoms with E-state index >= 15 is 0 Å². The fraction of sp³-hybridized carbons (Fsp3) is 0.857. The number of ether oxygens (including phenoxy) is 1. The Hall–Kier alpha value is -0.790. The molecule has 0 aromatic rings. The van der Waals surface area contributed by atoms with Crippen molar-refractivity contribution in [1.29, 1.82) is 0 Å². The minimum absolute atomic E-state index is 0.0101. The molecule has 0 radical (unpaired) electrons. The summed E-state index contributed by atoms with van der Waals surface area (Å²) in [6.07, 6.45) is 22.1. The Morgan fingerprint density at radius 3 is 1.61 bits per heavy atom. The first-order valence-electron chi connectivity index (χ1n) is 10.2. The zero-order valence-corrected chi connectivity index (χ0v) is 15.6. The molecular formula is C21H38O2. The molecule has 0 unspecified atom stereocenters. The number of carbonyl (C=O) groups excluding carboxylic acids is 1. The third-order valence-electron chi connectivity index (χ3n) is 4.79. The SMILES string of the molecule is CCCCCCCCCCCCCCCCC1=C[C@@H](C)OC1=O. The van der Waals surface area contributed by atoms with Crippen molar-refractivity contribution in [3.8, 4) is 0 Å². The van der Waals surface area contributed by atoms with Crippen LogP contribution in [-0.4, -0.2) is 12.1 Å². The molecule has 0 aliphatic carbocycles. The topological polar surface area (TPSA) is 26.3 Å². The Balaban J connectivity index is 1.77. The number of hydrogen-bond donors (Lipinski definition) is 0. The van der Waals surface area contributed by atoms with Crippen LogP contribution in [0.5, 0.6) is 0 Å². The molecule has 2 heteroatoms. The molecule has 0 saturated heterocycles. The Morgan fingerprint density at radius 2 is 1.22 bits per heavy atom. The monoisotopic (exact) mass is 322 g/mol. The number of cyclic esters (lactones) is 1. The van der Waals surface area contributed by atoms with Gasteiger partial charge in [-0.2, -0.15) is 0 Å². The summed E-state index contributed by atoms with van der Waals surface area (Å²) in [5.41, 5.74) is 0.899. The lowest BCUT2D eigenvalue weighted by Gasteiger charge is -2.03. The number of unbranched alkanes of at least 4 members (excludes halogenated alkanes) is 13. The van der Waals surface area contributed by atoms with Gasteiger partial charge in [0.1, 0.15) is 6.10 Å². The van der Waals surface area contributed by atoms with Gasteiger partial charge >= 0.3 is 5.97 Å². The van der Waals surface area contributed by atoms with Crippen LogP contribution in [0.15, 0.2) is 11.6 Å². The van der Waals surface area contributed by atoms with Crippen LogP contribution < -0.4 is 0 Å². The second-order valence-electron chi connectivity index (χ2n) is 7.15. The highest BCUT2D eigenvalue weighted by molar-refractivity contribution is 5.90. The molecule has 0 spiro atoms. The minimum Gasteiger partial charge on any atom is -0.455 e. The summed E-state index contributed by atoms with van der Waals surface area (Å²) in [7, 11) is 0. The molecule has 1 aliphatic heterocycles. The van der Waals surface area contributed by atoms with Gasteiger partial charge in [-0.25, -0.2) is 4.79 Å². The van der Waals surface area contributed by atoms with Crippen LogP contribution in [-0.2, 0) is 9.53 Å². The van der Waals surface area contributed by atoms with Gasteiger partial charge in [-0.05, 0) is 25.8 Å². The summed E-state index contributed by atoms with van der Waals surface area (Å²) in [5.74, 6) is -0.0906. The number of hydrogen-bond acceptors (Lipinski definition) is 2. The third-order valence-corrected chi connectivity index (χ3v) is 4.79. The lowest BCUT2D eigenvalue weighted by molar-refractivity contribution is -0.139. The Labute approximate surface area is 144 Å². The van der Waals surface area contributed by atoms with Crippen molar-refractivity contribution in [2.75, 3.05) is 0 Å². The molecule has 1 atom stereocenters. The lowest BCUT2D eigenvalue weighted by atomic mass is 10.0. The van der Waals surface area contributed by atoms with Crippen LogP contribution in [0.1, 0.15) is 110 Å².